The zero-order chi connectivity index (χ0) is 32.3. The quantitative estimate of drug-likeness (QED) is 0.181. The lowest BCUT2D eigenvalue weighted by atomic mass is 9.99. The minimum atomic E-state index is 1.13. The minimum Gasteiger partial charge on any atom is -0.309 e. The highest BCUT2D eigenvalue weighted by Gasteiger charge is 2.20. The highest BCUT2D eigenvalue weighted by Crippen LogP contribution is 2.46. The van der Waals surface area contributed by atoms with Crippen LogP contribution in [0.15, 0.2) is 182 Å². The van der Waals surface area contributed by atoms with E-state index in [0.29, 0.717) is 0 Å². The van der Waals surface area contributed by atoms with E-state index in [1.165, 1.54) is 75.3 Å². The summed E-state index contributed by atoms with van der Waals surface area (Å²) in [5.41, 5.74) is 9.49. The van der Waals surface area contributed by atoms with Crippen LogP contribution in [0.3, 0.4) is 0 Å². The van der Waals surface area contributed by atoms with E-state index in [1.54, 1.807) is 0 Å². The van der Waals surface area contributed by atoms with Crippen LogP contribution in [0, 0.1) is 0 Å². The van der Waals surface area contributed by atoms with Crippen LogP contribution in [0.2, 0.25) is 0 Å². The topological polar surface area (TPSA) is 8.17 Å². The molecular formula is C46H30N2S. The second-order valence-electron chi connectivity index (χ2n) is 12.6. The first kappa shape index (κ1) is 27.9. The number of hydrogen-bond acceptors (Lipinski definition) is 2. The molecule has 8 aromatic carbocycles. The van der Waals surface area contributed by atoms with Gasteiger partial charge in [0.1, 0.15) is 0 Å². The third kappa shape index (κ3) is 4.47. The smallest absolute Gasteiger partial charge is 0.0640 e. The number of rotatable bonds is 5. The number of thiophene rings is 1. The number of para-hydroxylation sites is 2. The largest absolute Gasteiger partial charge is 0.309 e. The highest BCUT2D eigenvalue weighted by molar-refractivity contribution is 7.26. The third-order valence-electron chi connectivity index (χ3n) is 9.76. The summed E-state index contributed by atoms with van der Waals surface area (Å²) in [5, 5.41) is 7.60. The van der Waals surface area contributed by atoms with Gasteiger partial charge < -0.3 is 9.47 Å². The SMILES string of the molecule is c1ccc(-n2c3ccccc3c3c(-c4ccc(N(c5ccc6ccccc6c5)c5cccc6c5sc5ccccc56)cc4)cccc32)cc1. The zero-order valence-electron chi connectivity index (χ0n) is 26.6. The molecule has 0 unspecified atom stereocenters. The van der Waals surface area contributed by atoms with E-state index >= 15 is 0 Å². The Balaban J connectivity index is 1.16. The van der Waals surface area contributed by atoms with Crippen LogP contribution in [0.4, 0.5) is 17.1 Å². The van der Waals surface area contributed by atoms with Crippen molar-refractivity contribution in [2.45, 2.75) is 0 Å². The molecule has 0 saturated carbocycles. The first-order valence-corrected chi connectivity index (χ1v) is 17.5. The third-order valence-corrected chi connectivity index (χ3v) is 11.0. The average Bonchev–Trinajstić information content (AvgIpc) is 3.72. The molecule has 0 bridgehead atoms. The maximum atomic E-state index is 2.43. The molecule has 0 amide bonds. The molecule has 0 fully saturated rings. The number of hydrogen-bond donors (Lipinski definition) is 0. The van der Waals surface area contributed by atoms with Crippen LogP contribution < -0.4 is 4.90 Å². The standard InChI is InChI=1S/C46H30N2S/c1-2-14-34(15-3-1)48-41-20-8-6-17-40(41)45-37(18-10-21-42(45)48)32-25-27-35(28-26-32)47(36-29-24-31-12-4-5-13-33(31)30-36)43-22-11-19-39-38-16-7-9-23-44(38)49-46(39)43/h1-30H. The Labute approximate surface area is 288 Å². The maximum absolute atomic E-state index is 2.43. The Bertz CT molecular complexity index is 2830. The molecule has 10 aromatic rings. The van der Waals surface area contributed by atoms with Gasteiger partial charge >= 0.3 is 0 Å². The van der Waals surface area contributed by atoms with Gasteiger partial charge in [-0.05, 0) is 82.6 Å². The molecule has 2 aromatic heterocycles. The van der Waals surface area contributed by atoms with Crippen molar-refractivity contribution in [3.05, 3.63) is 182 Å². The van der Waals surface area contributed by atoms with Crippen LogP contribution in [-0.4, -0.2) is 4.57 Å². The van der Waals surface area contributed by atoms with Gasteiger partial charge in [-0.3, -0.25) is 0 Å². The van der Waals surface area contributed by atoms with Gasteiger partial charge in [0, 0.05) is 43.3 Å². The lowest BCUT2D eigenvalue weighted by Crippen LogP contribution is -2.10. The van der Waals surface area contributed by atoms with E-state index in [1.807, 2.05) is 11.3 Å². The van der Waals surface area contributed by atoms with Gasteiger partial charge in [0.15, 0.2) is 0 Å². The molecule has 2 heterocycles. The van der Waals surface area contributed by atoms with Crippen molar-refractivity contribution in [2.75, 3.05) is 4.90 Å². The normalized spacial score (nSPS) is 11.7. The number of aromatic nitrogens is 1. The van der Waals surface area contributed by atoms with Crippen molar-refractivity contribution in [3.63, 3.8) is 0 Å². The molecule has 10 rings (SSSR count). The van der Waals surface area contributed by atoms with Gasteiger partial charge in [0.25, 0.3) is 0 Å². The van der Waals surface area contributed by atoms with E-state index in [9.17, 15) is 0 Å². The molecule has 0 radical (unpaired) electrons. The first-order chi connectivity index (χ1) is 24.3. The lowest BCUT2D eigenvalue weighted by molar-refractivity contribution is 1.18. The van der Waals surface area contributed by atoms with Crippen molar-refractivity contribution in [1.82, 2.24) is 4.57 Å². The summed E-state index contributed by atoms with van der Waals surface area (Å²) in [7, 11) is 0. The van der Waals surface area contributed by atoms with E-state index in [4.69, 9.17) is 0 Å². The molecule has 0 aliphatic heterocycles. The van der Waals surface area contributed by atoms with Gasteiger partial charge in [0.2, 0.25) is 0 Å². The van der Waals surface area contributed by atoms with Crippen molar-refractivity contribution in [1.29, 1.82) is 0 Å². The molecule has 0 atom stereocenters. The second-order valence-corrected chi connectivity index (χ2v) is 13.6. The molecule has 0 aliphatic carbocycles. The van der Waals surface area contributed by atoms with Gasteiger partial charge in [-0.15, -0.1) is 11.3 Å². The monoisotopic (exact) mass is 642 g/mol. The Morgan fingerprint density at radius 3 is 2.00 bits per heavy atom. The molecule has 0 aliphatic rings. The van der Waals surface area contributed by atoms with E-state index in [-0.39, 0.29) is 0 Å². The van der Waals surface area contributed by atoms with Gasteiger partial charge in [-0.1, -0.05) is 121 Å². The van der Waals surface area contributed by atoms with Crippen molar-refractivity contribution < 1.29 is 0 Å². The molecule has 230 valence electrons. The van der Waals surface area contributed by atoms with E-state index < -0.39 is 0 Å². The number of benzene rings is 8. The molecule has 49 heavy (non-hydrogen) atoms. The fraction of sp³-hybridized carbons (Fsp3) is 0. The van der Waals surface area contributed by atoms with Crippen molar-refractivity contribution in [3.8, 4) is 16.8 Å². The first-order valence-electron chi connectivity index (χ1n) is 16.7. The molecule has 0 saturated heterocycles. The summed E-state index contributed by atoms with van der Waals surface area (Å²) in [5.74, 6) is 0. The fourth-order valence-corrected chi connectivity index (χ4v) is 8.76. The molecule has 0 N–H and O–H groups in total. The van der Waals surface area contributed by atoms with E-state index in [2.05, 4.69) is 191 Å². The predicted octanol–water partition coefficient (Wildman–Crippen LogP) is 13.4. The Hall–Kier alpha value is -6.16. The van der Waals surface area contributed by atoms with Crippen LogP contribution in [0.1, 0.15) is 0 Å². The van der Waals surface area contributed by atoms with Gasteiger partial charge in [-0.25, -0.2) is 0 Å². The lowest BCUT2D eigenvalue weighted by Gasteiger charge is -2.26. The summed E-state index contributed by atoms with van der Waals surface area (Å²) in [4.78, 5) is 2.43. The van der Waals surface area contributed by atoms with Gasteiger partial charge in [0.05, 0.1) is 21.4 Å². The Morgan fingerprint density at radius 2 is 1.12 bits per heavy atom. The summed E-state index contributed by atoms with van der Waals surface area (Å²) in [6.07, 6.45) is 0. The Morgan fingerprint density at radius 1 is 0.449 bits per heavy atom. The van der Waals surface area contributed by atoms with Crippen LogP contribution in [0.25, 0.3) is 69.6 Å². The molecule has 2 nitrogen and oxygen atoms in total. The highest BCUT2D eigenvalue weighted by atomic mass is 32.1. The second kappa shape index (κ2) is 11.2. The Kier molecular flexibility index (Phi) is 6.39. The van der Waals surface area contributed by atoms with Crippen molar-refractivity contribution in [2.24, 2.45) is 0 Å². The van der Waals surface area contributed by atoms with E-state index in [0.717, 1.165) is 11.4 Å². The summed E-state index contributed by atoms with van der Waals surface area (Å²) < 4.78 is 4.98. The molecule has 0 spiro atoms. The molecular weight excluding hydrogens is 613 g/mol. The summed E-state index contributed by atoms with van der Waals surface area (Å²) in [6, 6.07) is 66.1. The van der Waals surface area contributed by atoms with Crippen molar-refractivity contribution >= 4 is 81.1 Å². The summed E-state index contributed by atoms with van der Waals surface area (Å²) >= 11 is 1.87. The minimum absolute atomic E-state index is 1.13. The molecule has 3 heteroatoms. The van der Waals surface area contributed by atoms with Crippen LogP contribution in [-0.2, 0) is 0 Å². The number of anilines is 3. The number of nitrogens with zero attached hydrogens (tertiary/aromatic N) is 2. The van der Waals surface area contributed by atoms with Crippen LogP contribution >= 0.6 is 11.3 Å². The average molecular weight is 643 g/mol. The zero-order valence-corrected chi connectivity index (χ0v) is 27.4. The predicted molar refractivity (Wildman–Crippen MR) is 211 cm³/mol. The van der Waals surface area contributed by atoms with Crippen LogP contribution in [0.5, 0.6) is 0 Å². The van der Waals surface area contributed by atoms with Gasteiger partial charge in [-0.2, -0.15) is 0 Å². The maximum Gasteiger partial charge on any atom is 0.0640 e. The summed E-state index contributed by atoms with van der Waals surface area (Å²) in [6.45, 7) is 0. The number of fused-ring (bicyclic) bond motifs is 7. The fourth-order valence-electron chi connectivity index (χ4n) is 7.56.